The van der Waals surface area contributed by atoms with Crippen molar-refractivity contribution in [2.24, 2.45) is 5.73 Å². The molecule has 0 saturated heterocycles. The average Bonchev–Trinajstić information content (AvgIpc) is 3.18. The third kappa shape index (κ3) is 42.1. The van der Waals surface area contributed by atoms with Gasteiger partial charge in [-0.2, -0.15) is 0 Å². The molecule has 9 nitrogen and oxygen atoms in total. The molecule has 0 amide bonds. The van der Waals surface area contributed by atoms with Crippen molar-refractivity contribution >= 4 is 19.8 Å². The molecule has 2 atom stereocenters. The van der Waals surface area contributed by atoms with Crippen LogP contribution in [-0.4, -0.2) is 49.3 Å². The first-order valence-corrected chi connectivity index (χ1v) is 24.8. The van der Waals surface area contributed by atoms with E-state index < -0.39 is 32.5 Å². The molecule has 0 aromatic heterocycles. The lowest BCUT2D eigenvalue weighted by Gasteiger charge is -2.19. The Morgan fingerprint density at radius 3 is 1.41 bits per heavy atom. The third-order valence-electron chi connectivity index (χ3n) is 10.1. The number of rotatable bonds is 44. The zero-order valence-electron chi connectivity index (χ0n) is 36.4. The molecule has 0 bridgehead atoms. The van der Waals surface area contributed by atoms with Crippen LogP contribution in [0.5, 0.6) is 0 Å². The summed E-state index contributed by atoms with van der Waals surface area (Å²) in [4.78, 5) is 34.9. The lowest BCUT2D eigenvalue weighted by atomic mass is 10.0. The summed E-state index contributed by atoms with van der Waals surface area (Å²) < 4.78 is 32.8. The first kappa shape index (κ1) is 54.5. The Labute approximate surface area is 344 Å². The van der Waals surface area contributed by atoms with Gasteiger partial charge in [0.1, 0.15) is 6.61 Å². The average molecular weight is 814 g/mol. The molecule has 0 aliphatic heterocycles. The number of allylic oxidation sites excluding steroid dienone is 4. The summed E-state index contributed by atoms with van der Waals surface area (Å²) in [7, 11) is -4.38. The second kappa shape index (κ2) is 43.1. The molecule has 0 heterocycles. The Balaban J connectivity index is 4.06. The summed E-state index contributed by atoms with van der Waals surface area (Å²) in [6.45, 7) is 3.71. The molecule has 0 saturated carbocycles. The van der Waals surface area contributed by atoms with Crippen LogP contribution in [0.25, 0.3) is 0 Å². The number of hydrogen-bond donors (Lipinski definition) is 2. The molecule has 0 aliphatic rings. The van der Waals surface area contributed by atoms with Crippen LogP contribution in [0, 0.1) is 0 Å². The van der Waals surface area contributed by atoms with E-state index in [1.165, 1.54) is 128 Å². The monoisotopic (exact) mass is 814 g/mol. The zero-order valence-corrected chi connectivity index (χ0v) is 37.3. The van der Waals surface area contributed by atoms with E-state index in [2.05, 4.69) is 38.2 Å². The van der Waals surface area contributed by atoms with Crippen molar-refractivity contribution in [3.05, 3.63) is 24.3 Å². The molecule has 56 heavy (non-hydrogen) atoms. The van der Waals surface area contributed by atoms with E-state index in [1.54, 1.807) is 0 Å². The van der Waals surface area contributed by atoms with Gasteiger partial charge in [-0.15, -0.1) is 0 Å². The maximum Gasteiger partial charge on any atom is 0.472 e. The summed E-state index contributed by atoms with van der Waals surface area (Å²) in [5.74, 6) is -0.835. The molecule has 0 rings (SSSR count). The number of hydrogen-bond acceptors (Lipinski definition) is 8. The molecule has 1 unspecified atom stereocenters. The van der Waals surface area contributed by atoms with Gasteiger partial charge in [0.15, 0.2) is 6.10 Å². The van der Waals surface area contributed by atoms with Gasteiger partial charge >= 0.3 is 19.8 Å². The minimum absolute atomic E-state index is 0.0531. The molecule has 0 fully saturated rings. The smallest absolute Gasteiger partial charge is 0.462 e. The molecule has 0 aliphatic carbocycles. The fraction of sp³-hybridized carbons (Fsp3) is 0.870. The molecule has 0 aromatic carbocycles. The van der Waals surface area contributed by atoms with Crippen LogP contribution in [0.2, 0.25) is 0 Å². The molecule has 330 valence electrons. The standard InChI is InChI=1S/C46H88NO8P/c1-3-5-7-9-11-13-15-17-19-20-21-22-23-24-25-27-29-31-33-35-37-39-46(49)55-44(43-54-56(50,51)53-41-40-47)42-52-45(48)38-36-34-32-30-28-26-18-16-14-12-10-8-6-4-2/h10,12,16,18,44H,3-9,11,13-15,17,19-43,47H2,1-2H3,(H,50,51)/b12-10+,18-16+/t44-/m1/s1. The first-order chi connectivity index (χ1) is 27.3. The predicted molar refractivity (Wildman–Crippen MR) is 234 cm³/mol. The zero-order chi connectivity index (χ0) is 41.1. The fourth-order valence-corrected chi connectivity index (χ4v) is 7.36. The van der Waals surface area contributed by atoms with Crippen molar-refractivity contribution in [2.45, 2.75) is 232 Å². The molecule has 3 N–H and O–H groups in total. The molecule has 10 heteroatoms. The van der Waals surface area contributed by atoms with E-state index in [1.807, 2.05) is 0 Å². The maximum absolute atomic E-state index is 12.6. The Bertz CT molecular complexity index is 975. The number of carbonyl (C=O) groups is 2. The highest BCUT2D eigenvalue weighted by Gasteiger charge is 2.26. The SMILES string of the molecule is CCCC/C=C/C/C=C/CCCCCCCC(=O)OC[C@H](COP(=O)(O)OCCN)OC(=O)CCCCCCCCCCCCCCCCCCCCCCC. The summed E-state index contributed by atoms with van der Waals surface area (Å²) >= 11 is 0. The van der Waals surface area contributed by atoms with E-state index in [-0.39, 0.29) is 32.6 Å². The number of esters is 2. The largest absolute Gasteiger partial charge is 0.472 e. The number of ether oxygens (including phenoxy) is 2. The topological polar surface area (TPSA) is 134 Å². The van der Waals surface area contributed by atoms with Crippen molar-refractivity contribution in [3.8, 4) is 0 Å². The summed E-state index contributed by atoms with van der Waals surface area (Å²) in [6, 6.07) is 0. The lowest BCUT2D eigenvalue weighted by Crippen LogP contribution is -2.29. The predicted octanol–water partition coefficient (Wildman–Crippen LogP) is 13.6. The Kier molecular flexibility index (Phi) is 41.9. The van der Waals surface area contributed by atoms with E-state index in [9.17, 15) is 19.0 Å². The molecular weight excluding hydrogens is 725 g/mol. The van der Waals surface area contributed by atoms with E-state index in [0.717, 1.165) is 64.2 Å². The van der Waals surface area contributed by atoms with Crippen LogP contribution < -0.4 is 5.73 Å². The Hall–Kier alpha value is -1.51. The van der Waals surface area contributed by atoms with Gasteiger partial charge < -0.3 is 20.1 Å². The van der Waals surface area contributed by atoms with E-state index in [4.69, 9.17) is 24.3 Å². The van der Waals surface area contributed by atoms with Crippen molar-refractivity contribution in [1.29, 1.82) is 0 Å². The molecule has 0 radical (unpaired) electrons. The minimum atomic E-state index is -4.38. The van der Waals surface area contributed by atoms with Gasteiger partial charge in [0.05, 0.1) is 13.2 Å². The quantitative estimate of drug-likeness (QED) is 0.0267. The number of unbranched alkanes of at least 4 members (excludes halogenated alkanes) is 27. The first-order valence-electron chi connectivity index (χ1n) is 23.3. The van der Waals surface area contributed by atoms with Crippen molar-refractivity contribution < 1.29 is 37.6 Å². The molecule has 0 aromatic rings. The number of phosphoric ester groups is 1. The third-order valence-corrected chi connectivity index (χ3v) is 11.1. The second-order valence-corrected chi connectivity index (χ2v) is 17.1. The van der Waals surface area contributed by atoms with Crippen LogP contribution in [0.3, 0.4) is 0 Å². The van der Waals surface area contributed by atoms with Gasteiger partial charge in [-0.1, -0.05) is 199 Å². The van der Waals surface area contributed by atoms with Crippen LogP contribution in [0.15, 0.2) is 24.3 Å². The van der Waals surface area contributed by atoms with Gasteiger partial charge in [0.2, 0.25) is 0 Å². The Morgan fingerprint density at radius 2 is 0.946 bits per heavy atom. The fourth-order valence-electron chi connectivity index (χ4n) is 6.59. The van der Waals surface area contributed by atoms with Gasteiger partial charge in [0, 0.05) is 19.4 Å². The second-order valence-electron chi connectivity index (χ2n) is 15.6. The van der Waals surface area contributed by atoms with Crippen molar-refractivity contribution in [3.63, 3.8) is 0 Å². The normalized spacial score (nSPS) is 13.4. The van der Waals surface area contributed by atoms with Crippen LogP contribution in [0.4, 0.5) is 0 Å². The van der Waals surface area contributed by atoms with E-state index >= 15 is 0 Å². The molecular formula is C46H88NO8P. The van der Waals surface area contributed by atoms with E-state index in [0.29, 0.717) is 6.42 Å². The van der Waals surface area contributed by atoms with Gasteiger partial charge in [0.25, 0.3) is 0 Å². The van der Waals surface area contributed by atoms with Crippen LogP contribution in [-0.2, 0) is 32.7 Å². The highest BCUT2D eigenvalue weighted by Crippen LogP contribution is 2.43. The van der Waals surface area contributed by atoms with Crippen molar-refractivity contribution in [2.75, 3.05) is 26.4 Å². The summed E-state index contributed by atoms with van der Waals surface area (Å²) in [6.07, 6.45) is 46.4. The molecule has 0 spiro atoms. The van der Waals surface area contributed by atoms with Crippen LogP contribution >= 0.6 is 7.82 Å². The summed E-state index contributed by atoms with van der Waals surface area (Å²) in [5.41, 5.74) is 5.35. The van der Waals surface area contributed by atoms with Crippen LogP contribution in [0.1, 0.15) is 226 Å². The van der Waals surface area contributed by atoms with Gasteiger partial charge in [-0.3, -0.25) is 18.6 Å². The highest BCUT2D eigenvalue weighted by atomic mass is 31.2. The minimum Gasteiger partial charge on any atom is -0.462 e. The highest BCUT2D eigenvalue weighted by molar-refractivity contribution is 7.47. The Morgan fingerprint density at radius 1 is 0.536 bits per heavy atom. The van der Waals surface area contributed by atoms with Gasteiger partial charge in [-0.25, -0.2) is 4.57 Å². The number of nitrogens with two attached hydrogens (primary N) is 1. The maximum atomic E-state index is 12.6. The summed E-state index contributed by atoms with van der Waals surface area (Å²) in [5, 5.41) is 0. The van der Waals surface area contributed by atoms with Crippen molar-refractivity contribution in [1.82, 2.24) is 0 Å². The number of carbonyl (C=O) groups excluding carboxylic acids is 2. The number of phosphoric acid groups is 1. The van der Waals surface area contributed by atoms with Gasteiger partial charge in [-0.05, 0) is 38.5 Å². The lowest BCUT2D eigenvalue weighted by molar-refractivity contribution is -0.161.